The third kappa shape index (κ3) is 5.25. The Balaban J connectivity index is 3.90. The van der Waals surface area contributed by atoms with Crippen LogP contribution in [-0.2, 0) is 9.47 Å². The van der Waals surface area contributed by atoms with Crippen LogP contribution < -0.4 is 5.73 Å². The van der Waals surface area contributed by atoms with Crippen LogP contribution in [0.3, 0.4) is 0 Å². The van der Waals surface area contributed by atoms with Crippen molar-refractivity contribution in [2.24, 2.45) is 5.73 Å². The van der Waals surface area contributed by atoms with Gasteiger partial charge in [-0.05, 0) is 19.9 Å². The number of methoxy groups -OCH3 is 1. The Morgan fingerprint density at radius 1 is 1.19 bits per heavy atom. The van der Waals surface area contributed by atoms with Crippen molar-refractivity contribution in [3.63, 3.8) is 0 Å². The summed E-state index contributed by atoms with van der Waals surface area (Å²) in [7, 11) is 1.68. The van der Waals surface area contributed by atoms with Crippen LogP contribution in [0.2, 0.25) is 0 Å². The van der Waals surface area contributed by atoms with Crippen molar-refractivity contribution < 1.29 is 9.47 Å². The molecule has 0 radical (unpaired) electrons. The van der Waals surface area contributed by atoms with Crippen LogP contribution >= 0.6 is 0 Å². The summed E-state index contributed by atoms with van der Waals surface area (Å²) in [6, 6.07) is 0. The van der Waals surface area contributed by atoms with Gasteiger partial charge in [-0.3, -0.25) is 4.90 Å². The first-order valence-electron chi connectivity index (χ1n) is 6.16. The Morgan fingerprint density at radius 3 is 2.31 bits per heavy atom. The Labute approximate surface area is 100 Å². The highest BCUT2D eigenvalue weighted by atomic mass is 16.5. The first-order chi connectivity index (χ1) is 7.64. The van der Waals surface area contributed by atoms with Gasteiger partial charge in [-0.2, -0.15) is 0 Å². The highest BCUT2D eigenvalue weighted by Gasteiger charge is 2.26. The fourth-order valence-corrected chi connectivity index (χ4v) is 1.73. The molecule has 0 aliphatic carbocycles. The van der Waals surface area contributed by atoms with E-state index in [-0.39, 0.29) is 5.54 Å². The Hall–Kier alpha value is -0.160. The molecule has 4 heteroatoms. The highest BCUT2D eigenvalue weighted by Crippen LogP contribution is 2.17. The lowest BCUT2D eigenvalue weighted by atomic mass is 9.96. The molecule has 0 saturated carbocycles. The summed E-state index contributed by atoms with van der Waals surface area (Å²) in [4.78, 5) is 2.39. The summed E-state index contributed by atoms with van der Waals surface area (Å²) >= 11 is 0. The minimum Gasteiger partial charge on any atom is -0.382 e. The van der Waals surface area contributed by atoms with Crippen LogP contribution in [-0.4, -0.2) is 57.0 Å². The van der Waals surface area contributed by atoms with Crippen LogP contribution in [0.4, 0.5) is 0 Å². The van der Waals surface area contributed by atoms with Crippen LogP contribution in [0.5, 0.6) is 0 Å². The van der Waals surface area contributed by atoms with Crippen molar-refractivity contribution in [3.8, 4) is 0 Å². The number of nitrogens with zero attached hydrogens (tertiary/aromatic N) is 1. The summed E-state index contributed by atoms with van der Waals surface area (Å²) in [5, 5.41) is 0. The van der Waals surface area contributed by atoms with Gasteiger partial charge < -0.3 is 15.2 Å². The molecule has 0 heterocycles. The van der Waals surface area contributed by atoms with Crippen molar-refractivity contribution >= 4 is 0 Å². The van der Waals surface area contributed by atoms with E-state index in [0.717, 1.165) is 26.1 Å². The molecule has 0 aromatic heterocycles. The topological polar surface area (TPSA) is 47.7 Å². The van der Waals surface area contributed by atoms with E-state index < -0.39 is 0 Å². The van der Waals surface area contributed by atoms with E-state index in [4.69, 9.17) is 15.2 Å². The zero-order chi connectivity index (χ0) is 12.4. The van der Waals surface area contributed by atoms with Gasteiger partial charge in [0.15, 0.2) is 0 Å². The molecule has 0 spiro atoms. The Kier molecular flexibility index (Phi) is 8.84. The second-order valence-corrected chi connectivity index (χ2v) is 4.24. The van der Waals surface area contributed by atoms with Crippen LogP contribution in [0.15, 0.2) is 0 Å². The van der Waals surface area contributed by atoms with E-state index in [1.54, 1.807) is 7.11 Å². The van der Waals surface area contributed by atoms with Crippen molar-refractivity contribution in [1.82, 2.24) is 4.90 Å². The van der Waals surface area contributed by atoms with Crippen LogP contribution in [0.25, 0.3) is 0 Å². The molecule has 0 rings (SSSR count). The molecule has 1 atom stereocenters. The molecule has 0 aromatic carbocycles. The van der Waals surface area contributed by atoms with Gasteiger partial charge in [-0.1, -0.05) is 13.8 Å². The second kappa shape index (κ2) is 8.93. The normalized spacial score (nSPS) is 15.4. The molecular formula is C12H28N2O2. The van der Waals surface area contributed by atoms with Gasteiger partial charge >= 0.3 is 0 Å². The maximum atomic E-state index is 5.84. The number of ether oxygens (including phenoxy) is 2. The number of likely N-dealkylation sites (N-methyl/N-ethyl adjacent to an activating group) is 1. The molecule has 0 aromatic rings. The third-order valence-corrected chi connectivity index (χ3v) is 3.28. The smallest absolute Gasteiger partial charge is 0.0700 e. The molecule has 1 unspecified atom stereocenters. The SMILES string of the molecule is CCN(CCOCCOC)C(C)(CC)CN. The van der Waals surface area contributed by atoms with Crippen LogP contribution in [0, 0.1) is 0 Å². The minimum atomic E-state index is 0.0966. The van der Waals surface area contributed by atoms with Gasteiger partial charge in [-0.15, -0.1) is 0 Å². The largest absolute Gasteiger partial charge is 0.382 e. The van der Waals surface area contributed by atoms with Crippen molar-refractivity contribution in [2.45, 2.75) is 32.7 Å². The lowest BCUT2D eigenvalue weighted by Crippen LogP contribution is -2.52. The van der Waals surface area contributed by atoms with E-state index >= 15 is 0 Å². The molecule has 2 N–H and O–H groups in total. The molecule has 4 nitrogen and oxygen atoms in total. The number of hydrogen-bond donors (Lipinski definition) is 1. The monoisotopic (exact) mass is 232 g/mol. The van der Waals surface area contributed by atoms with E-state index in [0.29, 0.717) is 19.8 Å². The molecule has 0 aliphatic heterocycles. The zero-order valence-corrected chi connectivity index (χ0v) is 11.3. The highest BCUT2D eigenvalue weighted by molar-refractivity contribution is 4.85. The molecule has 0 aliphatic rings. The summed E-state index contributed by atoms with van der Waals surface area (Å²) in [5.41, 5.74) is 5.94. The number of rotatable bonds is 10. The van der Waals surface area contributed by atoms with Gasteiger partial charge in [0.05, 0.1) is 19.8 Å². The van der Waals surface area contributed by atoms with Crippen molar-refractivity contribution in [3.05, 3.63) is 0 Å². The molecule has 0 bridgehead atoms. The van der Waals surface area contributed by atoms with E-state index in [1.165, 1.54) is 0 Å². The van der Waals surface area contributed by atoms with E-state index in [1.807, 2.05) is 0 Å². The molecule has 0 saturated heterocycles. The Morgan fingerprint density at radius 2 is 1.88 bits per heavy atom. The molecular weight excluding hydrogens is 204 g/mol. The summed E-state index contributed by atoms with van der Waals surface area (Å²) in [5.74, 6) is 0. The maximum Gasteiger partial charge on any atom is 0.0700 e. The van der Waals surface area contributed by atoms with Gasteiger partial charge in [-0.25, -0.2) is 0 Å². The summed E-state index contributed by atoms with van der Waals surface area (Å²) < 4.78 is 10.4. The first kappa shape index (κ1) is 15.8. The average Bonchev–Trinajstić information content (AvgIpc) is 2.33. The standard InChI is InChI=1S/C12H28N2O2/c1-5-12(3,11-13)14(6-2)7-8-16-10-9-15-4/h5-11,13H2,1-4H3. The molecule has 98 valence electrons. The van der Waals surface area contributed by atoms with E-state index in [9.17, 15) is 0 Å². The van der Waals surface area contributed by atoms with Gasteiger partial charge in [0, 0.05) is 25.7 Å². The Bertz CT molecular complexity index is 161. The lowest BCUT2D eigenvalue weighted by molar-refractivity contribution is 0.0326. The maximum absolute atomic E-state index is 5.84. The van der Waals surface area contributed by atoms with Crippen molar-refractivity contribution in [1.29, 1.82) is 0 Å². The predicted molar refractivity (Wildman–Crippen MR) is 67.7 cm³/mol. The minimum absolute atomic E-state index is 0.0966. The quantitative estimate of drug-likeness (QED) is 0.573. The number of nitrogens with two attached hydrogens (primary N) is 1. The molecule has 0 fully saturated rings. The predicted octanol–water partition coefficient (Wildman–Crippen LogP) is 1.10. The number of hydrogen-bond acceptors (Lipinski definition) is 4. The summed E-state index contributed by atoms with van der Waals surface area (Å²) in [6.07, 6.45) is 1.06. The van der Waals surface area contributed by atoms with Crippen molar-refractivity contribution in [2.75, 3.05) is 46.6 Å². The average molecular weight is 232 g/mol. The van der Waals surface area contributed by atoms with Crippen LogP contribution in [0.1, 0.15) is 27.2 Å². The van der Waals surface area contributed by atoms with Gasteiger partial charge in [0.25, 0.3) is 0 Å². The molecule has 0 amide bonds. The van der Waals surface area contributed by atoms with Gasteiger partial charge in [0.2, 0.25) is 0 Å². The first-order valence-corrected chi connectivity index (χ1v) is 6.16. The zero-order valence-electron chi connectivity index (χ0n) is 11.3. The van der Waals surface area contributed by atoms with Gasteiger partial charge in [0.1, 0.15) is 0 Å². The second-order valence-electron chi connectivity index (χ2n) is 4.24. The lowest BCUT2D eigenvalue weighted by Gasteiger charge is -2.39. The third-order valence-electron chi connectivity index (χ3n) is 3.28. The molecule has 16 heavy (non-hydrogen) atoms. The fraction of sp³-hybridized carbons (Fsp3) is 1.00. The van der Waals surface area contributed by atoms with E-state index in [2.05, 4.69) is 25.7 Å². The summed E-state index contributed by atoms with van der Waals surface area (Å²) in [6.45, 7) is 11.3. The fourth-order valence-electron chi connectivity index (χ4n) is 1.73.